The number of aromatic amines is 1. The third-order valence-electron chi connectivity index (χ3n) is 2.49. The lowest BCUT2D eigenvalue weighted by Gasteiger charge is -2.07. The zero-order valence-corrected chi connectivity index (χ0v) is 11.3. The van der Waals surface area contributed by atoms with Gasteiger partial charge in [-0.25, -0.2) is 4.98 Å². The van der Waals surface area contributed by atoms with Crippen molar-refractivity contribution in [2.45, 2.75) is 23.4 Å². The molecule has 8 heteroatoms. The average molecular weight is 302 g/mol. The molecule has 108 valence electrons. The highest BCUT2D eigenvalue weighted by molar-refractivity contribution is 8.00. The summed E-state index contributed by atoms with van der Waals surface area (Å²) in [5.41, 5.74) is -3.30. The van der Waals surface area contributed by atoms with E-state index in [1.54, 1.807) is 12.1 Å². The van der Waals surface area contributed by atoms with E-state index >= 15 is 0 Å². The predicted octanol–water partition coefficient (Wildman–Crippen LogP) is 2.75. The van der Waals surface area contributed by atoms with E-state index in [0.29, 0.717) is 13.1 Å². The van der Waals surface area contributed by atoms with Crippen LogP contribution in [-0.4, -0.2) is 27.2 Å². The number of nitrogens with one attached hydrogen (secondary N) is 2. The second kappa shape index (κ2) is 6.76. The summed E-state index contributed by atoms with van der Waals surface area (Å²) in [6.07, 6.45) is 2.17. The molecule has 0 aliphatic heterocycles. The minimum Gasteiger partial charge on any atom is -0.312 e. The highest BCUT2D eigenvalue weighted by atomic mass is 32.2. The topological polar surface area (TPSA) is 53.6 Å². The summed E-state index contributed by atoms with van der Waals surface area (Å²) in [5, 5.41) is 9.69. The lowest BCUT2D eigenvalue weighted by molar-refractivity contribution is -0.0328. The third-order valence-corrected chi connectivity index (χ3v) is 3.23. The van der Waals surface area contributed by atoms with Crippen molar-refractivity contribution in [1.82, 2.24) is 20.5 Å². The largest absolute Gasteiger partial charge is 0.446 e. The Morgan fingerprint density at radius 3 is 2.55 bits per heavy atom. The van der Waals surface area contributed by atoms with Crippen LogP contribution in [0.3, 0.4) is 0 Å². The maximum atomic E-state index is 12.2. The van der Waals surface area contributed by atoms with Gasteiger partial charge in [-0.2, -0.15) is 18.3 Å². The van der Waals surface area contributed by atoms with Crippen LogP contribution in [0.2, 0.25) is 0 Å². The number of halogens is 3. The first-order valence-electron chi connectivity index (χ1n) is 5.92. The number of nitrogens with zero attached hydrogens (tertiary/aromatic N) is 2. The summed E-state index contributed by atoms with van der Waals surface area (Å²) >= 11 is -0.104. The molecule has 0 atom stereocenters. The third kappa shape index (κ3) is 5.22. The fourth-order valence-corrected chi connectivity index (χ4v) is 2.14. The van der Waals surface area contributed by atoms with Crippen molar-refractivity contribution in [3.63, 3.8) is 0 Å². The lowest BCUT2D eigenvalue weighted by atomic mass is 10.2. The molecule has 2 N–H and O–H groups in total. The summed E-state index contributed by atoms with van der Waals surface area (Å²) in [6, 6.07) is 6.34. The number of thioether (sulfide) groups is 1. The molecule has 20 heavy (non-hydrogen) atoms. The number of H-pyrrole nitrogens is 1. The van der Waals surface area contributed by atoms with E-state index in [1.165, 1.54) is 18.5 Å². The van der Waals surface area contributed by atoms with Gasteiger partial charge in [-0.3, -0.25) is 5.10 Å². The van der Waals surface area contributed by atoms with E-state index in [-0.39, 0.29) is 16.7 Å². The summed E-state index contributed by atoms with van der Waals surface area (Å²) in [7, 11) is 0. The van der Waals surface area contributed by atoms with Gasteiger partial charge in [0.2, 0.25) is 0 Å². The van der Waals surface area contributed by atoms with Crippen molar-refractivity contribution in [2.75, 3.05) is 6.54 Å². The molecular formula is C12H13F3N4S. The normalized spacial score (nSPS) is 11.8. The molecule has 2 aromatic rings. The maximum Gasteiger partial charge on any atom is 0.446 e. The highest BCUT2D eigenvalue weighted by Gasteiger charge is 2.28. The van der Waals surface area contributed by atoms with Gasteiger partial charge in [0.25, 0.3) is 0 Å². The SMILES string of the molecule is FC(F)(F)Sc1ccc(CNCCc2ncn[nH]2)cc1. The summed E-state index contributed by atoms with van der Waals surface area (Å²) in [4.78, 5) is 4.19. The standard InChI is InChI=1S/C12H13F3N4S/c13-12(14,15)20-10-3-1-9(2-4-10)7-16-6-5-11-17-8-18-19-11/h1-4,8,16H,5-7H2,(H,17,18,19). The molecule has 1 aromatic heterocycles. The smallest absolute Gasteiger partial charge is 0.312 e. The molecule has 4 nitrogen and oxygen atoms in total. The van der Waals surface area contributed by atoms with Gasteiger partial charge >= 0.3 is 5.51 Å². The van der Waals surface area contributed by atoms with Crippen LogP contribution >= 0.6 is 11.8 Å². The molecule has 0 fully saturated rings. The van der Waals surface area contributed by atoms with Crippen molar-refractivity contribution in [3.8, 4) is 0 Å². The number of rotatable bonds is 6. The maximum absolute atomic E-state index is 12.2. The molecule has 0 bridgehead atoms. The van der Waals surface area contributed by atoms with E-state index in [2.05, 4.69) is 20.5 Å². The van der Waals surface area contributed by atoms with Crippen LogP contribution < -0.4 is 5.32 Å². The van der Waals surface area contributed by atoms with Crippen LogP contribution in [0.15, 0.2) is 35.5 Å². The molecule has 0 unspecified atom stereocenters. The first-order chi connectivity index (χ1) is 9.53. The lowest BCUT2D eigenvalue weighted by Crippen LogP contribution is -2.17. The Morgan fingerprint density at radius 2 is 1.95 bits per heavy atom. The molecule has 0 saturated carbocycles. The summed E-state index contributed by atoms with van der Waals surface area (Å²) in [6.45, 7) is 1.32. The van der Waals surface area contributed by atoms with Crippen LogP contribution in [0.1, 0.15) is 11.4 Å². The Balaban J connectivity index is 1.73. The molecule has 0 saturated heterocycles. The molecule has 0 aliphatic carbocycles. The Morgan fingerprint density at radius 1 is 1.20 bits per heavy atom. The van der Waals surface area contributed by atoms with Gasteiger partial charge in [-0.1, -0.05) is 12.1 Å². The second-order valence-electron chi connectivity index (χ2n) is 4.05. The zero-order chi connectivity index (χ0) is 14.4. The van der Waals surface area contributed by atoms with Crippen LogP contribution in [0.25, 0.3) is 0 Å². The summed E-state index contributed by atoms with van der Waals surface area (Å²) < 4.78 is 36.5. The molecule has 0 aliphatic rings. The molecular weight excluding hydrogens is 289 g/mol. The summed E-state index contributed by atoms with van der Waals surface area (Å²) in [5.74, 6) is 0.800. The first-order valence-corrected chi connectivity index (χ1v) is 6.74. The van der Waals surface area contributed by atoms with Crippen molar-refractivity contribution >= 4 is 11.8 Å². The van der Waals surface area contributed by atoms with Gasteiger partial charge in [0.05, 0.1) is 0 Å². The molecule has 0 amide bonds. The minimum atomic E-state index is -4.24. The Labute approximate surface area is 118 Å². The van der Waals surface area contributed by atoms with Crippen molar-refractivity contribution < 1.29 is 13.2 Å². The van der Waals surface area contributed by atoms with Gasteiger partial charge in [0.15, 0.2) is 0 Å². The quantitative estimate of drug-likeness (QED) is 0.636. The molecule has 0 radical (unpaired) electrons. The van der Waals surface area contributed by atoms with Crippen molar-refractivity contribution in [3.05, 3.63) is 42.0 Å². The number of benzene rings is 1. The molecule has 0 spiro atoms. The predicted molar refractivity (Wildman–Crippen MR) is 70.1 cm³/mol. The van der Waals surface area contributed by atoms with E-state index in [0.717, 1.165) is 17.8 Å². The van der Waals surface area contributed by atoms with Crippen molar-refractivity contribution in [2.24, 2.45) is 0 Å². The molecule has 1 heterocycles. The zero-order valence-electron chi connectivity index (χ0n) is 10.4. The van der Waals surface area contributed by atoms with E-state index in [1.807, 2.05) is 0 Å². The number of aromatic nitrogens is 3. The Hall–Kier alpha value is -1.54. The van der Waals surface area contributed by atoms with Crippen LogP contribution in [-0.2, 0) is 13.0 Å². The van der Waals surface area contributed by atoms with Crippen molar-refractivity contribution in [1.29, 1.82) is 0 Å². The van der Waals surface area contributed by atoms with Gasteiger partial charge in [-0.15, -0.1) is 0 Å². The highest BCUT2D eigenvalue weighted by Crippen LogP contribution is 2.36. The number of alkyl halides is 3. The average Bonchev–Trinajstić information content (AvgIpc) is 2.88. The van der Waals surface area contributed by atoms with E-state index in [9.17, 15) is 13.2 Å². The van der Waals surface area contributed by atoms with Crippen LogP contribution in [0, 0.1) is 0 Å². The number of hydrogen-bond acceptors (Lipinski definition) is 4. The van der Waals surface area contributed by atoms with Gasteiger partial charge < -0.3 is 5.32 Å². The molecule has 1 aromatic carbocycles. The fraction of sp³-hybridized carbons (Fsp3) is 0.333. The second-order valence-corrected chi connectivity index (χ2v) is 5.19. The van der Waals surface area contributed by atoms with Gasteiger partial charge in [0.1, 0.15) is 12.2 Å². The van der Waals surface area contributed by atoms with Crippen LogP contribution in [0.4, 0.5) is 13.2 Å². The minimum absolute atomic E-state index is 0.104. The van der Waals surface area contributed by atoms with Gasteiger partial charge in [-0.05, 0) is 29.5 Å². The number of hydrogen-bond donors (Lipinski definition) is 2. The van der Waals surface area contributed by atoms with E-state index < -0.39 is 5.51 Å². The fourth-order valence-electron chi connectivity index (χ4n) is 1.60. The monoisotopic (exact) mass is 302 g/mol. The Kier molecular flexibility index (Phi) is 5.02. The van der Waals surface area contributed by atoms with E-state index in [4.69, 9.17) is 0 Å². The Bertz CT molecular complexity index is 510. The molecule has 2 rings (SSSR count). The first kappa shape index (κ1) is 14.9. The van der Waals surface area contributed by atoms with Crippen LogP contribution in [0.5, 0.6) is 0 Å². The van der Waals surface area contributed by atoms with Gasteiger partial charge in [0, 0.05) is 24.4 Å².